The minimum atomic E-state index is -0.484. The van der Waals surface area contributed by atoms with E-state index in [9.17, 15) is 14.9 Å². The first kappa shape index (κ1) is 14.0. The van der Waals surface area contributed by atoms with Crippen LogP contribution in [0.5, 0.6) is 0 Å². The van der Waals surface area contributed by atoms with Crippen LogP contribution < -0.4 is 5.32 Å². The Morgan fingerprint density at radius 1 is 1.58 bits per heavy atom. The number of rotatable bonds is 3. The predicted molar refractivity (Wildman–Crippen MR) is 72.9 cm³/mol. The van der Waals surface area contributed by atoms with Crippen LogP contribution in [-0.4, -0.2) is 23.5 Å². The first-order valence-corrected chi connectivity index (χ1v) is 6.64. The summed E-state index contributed by atoms with van der Waals surface area (Å²) < 4.78 is 5.68. The van der Waals surface area contributed by atoms with Gasteiger partial charge in [-0.2, -0.15) is 0 Å². The number of nitrogens with zero attached hydrogens (tertiary/aromatic N) is 1. The van der Waals surface area contributed by atoms with Gasteiger partial charge in [0.1, 0.15) is 0 Å². The first-order valence-electron chi connectivity index (χ1n) is 5.85. The SMILES string of the molecule is C[C@H]1OCC[C@@H]1C(=O)Nc1ccc([N+](=O)[O-])c(Br)c1. The molecule has 1 aromatic rings. The molecule has 1 aliphatic heterocycles. The van der Waals surface area contributed by atoms with Crippen LogP contribution in [0.4, 0.5) is 11.4 Å². The third kappa shape index (κ3) is 3.10. The van der Waals surface area contributed by atoms with Crippen LogP contribution in [-0.2, 0) is 9.53 Å². The molecule has 1 heterocycles. The molecule has 19 heavy (non-hydrogen) atoms. The third-order valence-electron chi connectivity index (χ3n) is 3.12. The fraction of sp³-hybridized carbons (Fsp3) is 0.417. The summed E-state index contributed by atoms with van der Waals surface area (Å²) in [4.78, 5) is 22.2. The molecule has 0 spiro atoms. The summed E-state index contributed by atoms with van der Waals surface area (Å²) in [5, 5.41) is 13.4. The fourth-order valence-corrected chi connectivity index (χ4v) is 2.57. The van der Waals surface area contributed by atoms with Gasteiger partial charge in [0, 0.05) is 18.4 Å². The molecule has 1 aliphatic rings. The topological polar surface area (TPSA) is 81.5 Å². The zero-order valence-electron chi connectivity index (χ0n) is 10.3. The molecule has 1 saturated heterocycles. The highest BCUT2D eigenvalue weighted by Gasteiger charge is 2.30. The van der Waals surface area contributed by atoms with Gasteiger partial charge in [-0.15, -0.1) is 0 Å². The minimum Gasteiger partial charge on any atom is -0.378 e. The molecular weight excluding hydrogens is 316 g/mol. The van der Waals surface area contributed by atoms with Crippen molar-refractivity contribution in [1.29, 1.82) is 0 Å². The van der Waals surface area contributed by atoms with E-state index in [2.05, 4.69) is 21.2 Å². The number of nitrogens with one attached hydrogen (secondary N) is 1. The molecule has 0 bridgehead atoms. The van der Waals surface area contributed by atoms with E-state index in [0.29, 0.717) is 23.2 Å². The van der Waals surface area contributed by atoms with Crippen molar-refractivity contribution in [1.82, 2.24) is 0 Å². The minimum absolute atomic E-state index is 0.0319. The maximum absolute atomic E-state index is 12.0. The Hall–Kier alpha value is -1.47. The first-order chi connectivity index (χ1) is 8.99. The van der Waals surface area contributed by atoms with E-state index < -0.39 is 4.92 Å². The smallest absolute Gasteiger partial charge is 0.283 e. The monoisotopic (exact) mass is 328 g/mol. The van der Waals surface area contributed by atoms with Crippen LogP contribution in [0.15, 0.2) is 22.7 Å². The Balaban J connectivity index is 2.09. The summed E-state index contributed by atoms with van der Waals surface area (Å²) in [6.07, 6.45) is 0.600. The average molecular weight is 329 g/mol. The maximum Gasteiger partial charge on any atom is 0.283 e. The lowest BCUT2D eigenvalue weighted by molar-refractivity contribution is -0.385. The zero-order chi connectivity index (χ0) is 14.0. The largest absolute Gasteiger partial charge is 0.378 e. The summed E-state index contributed by atoms with van der Waals surface area (Å²) in [6, 6.07) is 4.39. The van der Waals surface area contributed by atoms with E-state index in [1.165, 1.54) is 18.2 Å². The quantitative estimate of drug-likeness (QED) is 0.683. The number of amides is 1. The molecule has 6 nitrogen and oxygen atoms in total. The molecule has 0 unspecified atom stereocenters. The van der Waals surface area contributed by atoms with Crippen LogP contribution in [0.1, 0.15) is 13.3 Å². The van der Waals surface area contributed by atoms with Gasteiger partial charge in [-0.05, 0) is 41.4 Å². The second-order valence-corrected chi connectivity index (χ2v) is 5.24. The lowest BCUT2D eigenvalue weighted by Gasteiger charge is -2.14. The zero-order valence-corrected chi connectivity index (χ0v) is 11.8. The van der Waals surface area contributed by atoms with Gasteiger partial charge in [-0.25, -0.2) is 0 Å². The highest BCUT2D eigenvalue weighted by atomic mass is 79.9. The van der Waals surface area contributed by atoms with E-state index in [1.807, 2.05) is 6.92 Å². The number of carbonyl (C=O) groups is 1. The molecule has 1 fully saturated rings. The van der Waals surface area contributed by atoms with Crippen molar-refractivity contribution in [3.05, 3.63) is 32.8 Å². The van der Waals surface area contributed by atoms with E-state index in [4.69, 9.17) is 4.74 Å². The van der Waals surface area contributed by atoms with Gasteiger partial charge in [0.2, 0.25) is 5.91 Å². The van der Waals surface area contributed by atoms with Crippen molar-refractivity contribution in [2.45, 2.75) is 19.4 Å². The van der Waals surface area contributed by atoms with Crippen LogP contribution in [0.3, 0.4) is 0 Å². The summed E-state index contributed by atoms with van der Waals surface area (Å²) in [5.74, 6) is -0.292. The van der Waals surface area contributed by atoms with Crippen LogP contribution in [0.2, 0.25) is 0 Å². The molecule has 102 valence electrons. The van der Waals surface area contributed by atoms with Gasteiger partial charge < -0.3 is 10.1 Å². The number of hydrogen-bond donors (Lipinski definition) is 1. The third-order valence-corrected chi connectivity index (χ3v) is 3.76. The average Bonchev–Trinajstić information content (AvgIpc) is 2.75. The standard InChI is InChI=1S/C12H13BrN2O4/c1-7-9(4-5-19-7)12(16)14-8-2-3-11(15(17)18)10(13)6-8/h2-3,6-7,9H,4-5H2,1H3,(H,14,16)/t7-,9+/m1/s1. The molecule has 0 radical (unpaired) electrons. The van der Waals surface area contributed by atoms with Gasteiger partial charge >= 0.3 is 0 Å². The van der Waals surface area contributed by atoms with Crippen molar-refractivity contribution >= 4 is 33.2 Å². The van der Waals surface area contributed by atoms with E-state index in [1.54, 1.807) is 0 Å². The molecule has 0 aromatic heterocycles. The molecule has 7 heteroatoms. The number of ether oxygens (including phenoxy) is 1. The molecule has 1 amide bonds. The van der Waals surface area contributed by atoms with Crippen molar-refractivity contribution in [2.24, 2.45) is 5.92 Å². The highest BCUT2D eigenvalue weighted by Crippen LogP contribution is 2.28. The number of benzene rings is 1. The van der Waals surface area contributed by atoms with Gasteiger partial charge in [0.05, 0.1) is 21.4 Å². The number of anilines is 1. The normalized spacial score (nSPS) is 22.2. The van der Waals surface area contributed by atoms with Crippen molar-refractivity contribution in [3.8, 4) is 0 Å². The van der Waals surface area contributed by atoms with Crippen LogP contribution >= 0.6 is 15.9 Å². The van der Waals surface area contributed by atoms with Gasteiger partial charge in [0.15, 0.2) is 0 Å². The Morgan fingerprint density at radius 2 is 2.32 bits per heavy atom. The van der Waals surface area contributed by atoms with E-state index in [-0.39, 0.29) is 23.6 Å². The summed E-state index contributed by atoms with van der Waals surface area (Å²) >= 11 is 3.12. The Labute approximate surface area is 118 Å². The van der Waals surface area contributed by atoms with Crippen molar-refractivity contribution in [2.75, 3.05) is 11.9 Å². The number of halogens is 1. The summed E-state index contributed by atoms with van der Waals surface area (Å²) in [7, 11) is 0. The van der Waals surface area contributed by atoms with Crippen molar-refractivity contribution in [3.63, 3.8) is 0 Å². The fourth-order valence-electron chi connectivity index (χ4n) is 2.04. The van der Waals surface area contributed by atoms with Crippen LogP contribution in [0.25, 0.3) is 0 Å². The summed E-state index contributed by atoms with van der Waals surface area (Å²) in [6.45, 7) is 2.45. The lowest BCUT2D eigenvalue weighted by atomic mass is 10.0. The van der Waals surface area contributed by atoms with Gasteiger partial charge in [-0.1, -0.05) is 0 Å². The molecule has 1 N–H and O–H groups in total. The Kier molecular flexibility index (Phi) is 4.16. The summed E-state index contributed by atoms with van der Waals surface area (Å²) in [5.41, 5.74) is 0.497. The number of nitro groups is 1. The number of carbonyl (C=O) groups excluding carboxylic acids is 1. The molecule has 0 aliphatic carbocycles. The molecule has 1 aromatic carbocycles. The second kappa shape index (κ2) is 5.66. The maximum atomic E-state index is 12.0. The molecular formula is C12H13BrN2O4. The second-order valence-electron chi connectivity index (χ2n) is 4.38. The molecule has 2 rings (SSSR count). The van der Waals surface area contributed by atoms with E-state index in [0.717, 1.165) is 0 Å². The van der Waals surface area contributed by atoms with E-state index >= 15 is 0 Å². The van der Waals surface area contributed by atoms with Gasteiger partial charge in [-0.3, -0.25) is 14.9 Å². The Morgan fingerprint density at radius 3 is 2.84 bits per heavy atom. The lowest BCUT2D eigenvalue weighted by Crippen LogP contribution is -2.27. The van der Waals surface area contributed by atoms with Gasteiger partial charge in [0.25, 0.3) is 5.69 Å². The van der Waals surface area contributed by atoms with Crippen molar-refractivity contribution < 1.29 is 14.5 Å². The number of nitro benzene ring substituents is 1. The highest BCUT2D eigenvalue weighted by molar-refractivity contribution is 9.10. The number of hydrogen-bond acceptors (Lipinski definition) is 4. The van der Waals surface area contributed by atoms with Crippen LogP contribution in [0, 0.1) is 16.0 Å². The molecule has 2 atom stereocenters. The molecule has 0 saturated carbocycles. The predicted octanol–water partition coefficient (Wildman–Crippen LogP) is 2.72. The Bertz CT molecular complexity index is 520.